The number of hydrogen-bond acceptors (Lipinski definition) is 6. The van der Waals surface area contributed by atoms with Crippen molar-refractivity contribution in [2.75, 3.05) is 29.2 Å². The predicted molar refractivity (Wildman–Crippen MR) is 105 cm³/mol. The Morgan fingerprint density at radius 1 is 1.23 bits per heavy atom. The highest BCUT2D eigenvalue weighted by Crippen LogP contribution is 2.35. The van der Waals surface area contributed by atoms with Gasteiger partial charge in [-0.1, -0.05) is 0 Å². The molecule has 1 amide bonds. The van der Waals surface area contributed by atoms with Crippen LogP contribution in [0.5, 0.6) is 5.75 Å². The number of hydrogen-bond donors (Lipinski definition) is 2. The van der Waals surface area contributed by atoms with Gasteiger partial charge < -0.3 is 20.3 Å². The average molecular weight is 421 g/mol. The molecule has 0 unspecified atom stereocenters. The number of ether oxygens (including phenoxy) is 1. The van der Waals surface area contributed by atoms with Crippen LogP contribution in [0.25, 0.3) is 0 Å². The molecule has 2 aromatic rings. The van der Waals surface area contributed by atoms with Crippen molar-refractivity contribution in [2.24, 2.45) is 5.92 Å². The molecule has 30 heavy (non-hydrogen) atoms. The summed E-state index contributed by atoms with van der Waals surface area (Å²) in [6.07, 6.45) is 1.49. The topological polar surface area (TPSA) is 79.4 Å². The molecule has 0 spiro atoms. The Morgan fingerprint density at radius 3 is 2.70 bits per heavy atom. The molecule has 1 aromatic heterocycles. The zero-order chi connectivity index (χ0) is 21.6. The smallest absolute Gasteiger partial charge is 0.246 e. The molecule has 2 aliphatic rings. The van der Waals surface area contributed by atoms with Crippen molar-refractivity contribution >= 4 is 23.4 Å². The molecule has 0 saturated heterocycles. The van der Waals surface area contributed by atoms with Gasteiger partial charge in [0.05, 0.1) is 12.3 Å². The van der Waals surface area contributed by atoms with Gasteiger partial charge in [-0.05, 0) is 44.7 Å². The van der Waals surface area contributed by atoms with E-state index in [1.807, 2.05) is 18.9 Å². The minimum atomic E-state index is -1.53. The van der Waals surface area contributed by atoms with Crippen LogP contribution < -0.4 is 20.3 Å². The predicted octanol–water partition coefficient (Wildman–Crippen LogP) is 3.25. The Balaban J connectivity index is 1.34. The number of amides is 1. The van der Waals surface area contributed by atoms with Crippen molar-refractivity contribution in [1.29, 1.82) is 0 Å². The number of nitrogens with one attached hydrogen (secondary N) is 2. The third kappa shape index (κ3) is 3.61. The standard InChI is InChI=1S/C20H22F3N5O2/c1-9-17-18(28(3)10(2)19(29)26-17)27-20(24-9)25-12-6-11(7-12)8-30-14-5-4-13(21)15(22)16(14)23/h4-5,10-12H,6-8H2,1-3H3,(H,26,29)(H,24,25,27)/t10-,11-,12+/m0/s1. The molecular weight excluding hydrogens is 399 g/mol. The molecular formula is C20H22F3N5O2. The second kappa shape index (κ2) is 7.66. The van der Waals surface area contributed by atoms with E-state index >= 15 is 0 Å². The van der Waals surface area contributed by atoms with Crippen LogP contribution in [-0.2, 0) is 4.79 Å². The van der Waals surface area contributed by atoms with Crippen LogP contribution in [0.15, 0.2) is 12.1 Å². The summed E-state index contributed by atoms with van der Waals surface area (Å²) in [6, 6.07) is 1.71. The normalized spacial score (nSPS) is 22.8. The van der Waals surface area contributed by atoms with Gasteiger partial charge in [0.1, 0.15) is 11.7 Å². The SMILES string of the molecule is Cc1nc(N[C@H]2C[C@@H](COc3ccc(F)c(F)c3F)C2)nc2c1NC(=O)[C@H](C)N2C. The van der Waals surface area contributed by atoms with E-state index in [1.165, 1.54) is 0 Å². The second-order valence-electron chi connectivity index (χ2n) is 7.77. The maximum atomic E-state index is 13.7. The Morgan fingerprint density at radius 2 is 1.97 bits per heavy atom. The molecule has 1 aliphatic heterocycles. The van der Waals surface area contributed by atoms with Crippen LogP contribution in [-0.4, -0.2) is 41.6 Å². The summed E-state index contributed by atoms with van der Waals surface area (Å²) < 4.78 is 45.2. The minimum Gasteiger partial charge on any atom is -0.490 e. The molecule has 160 valence electrons. The fourth-order valence-electron chi connectivity index (χ4n) is 3.61. The van der Waals surface area contributed by atoms with E-state index in [1.54, 1.807) is 6.92 Å². The number of likely N-dealkylation sites (N-methyl/N-ethyl adjacent to an activating group) is 1. The summed E-state index contributed by atoms with van der Waals surface area (Å²) >= 11 is 0. The van der Waals surface area contributed by atoms with Crippen molar-refractivity contribution in [3.8, 4) is 5.75 Å². The maximum Gasteiger partial charge on any atom is 0.246 e. The molecule has 1 fully saturated rings. The maximum absolute atomic E-state index is 13.7. The molecule has 2 N–H and O–H groups in total. The molecule has 1 saturated carbocycles. The lowest BCUT2D eigenvalue weighted by Gasteiger charge is -2.36. The van der Waals surface area contributed by atoms with E-state index in [2.05, 4.69) is 20.6 Å². The number of benzene rings is 1. The summed E-state index contributed by atoms with van der Waals surface area (Å²) in [4.78, 5) is 22.8. The van der Waals surface area contributed by atoms with E-state index in [0.717, 1.165) is 25.0 Å². The Bertz CT molecular complexity index is 997. The van der Waals surface area contributed by atoms with Gasteiger partial charge in [-0.2, -0.15) is 9.37 Å². The van der Waals surface area contributed by atoms with E-state index in [0.29, 0.717) is 23.1 Å². The first-order chi connectivity index (χ1) is 14.2. The van der Waals surface area contributed by atoms with Gasteiger partial charge in [-0.3, -0.25) is 4.79 Å². The molecule has 0 bridgehead atoms. The zero-order valence-corrected chi connectivity index (χ0v) is 16.8. The monoisotopic (exact) mass is 421 g/mol. The lowest BCUT2D eigenvalue weighted by atomic mass is 9.81. The number of aryl methyl sites for hydroxylation is 1. The van der Waals surface area contributed by atoms with Gasteiger partial charge in [0.25, 0.3) is 0 Å². The molecule has 0 radical (unpaired) electrons. The average Bonchev–Trinajstić information content (AvgIpc) is 2.68. The van der Waals surface area contributed by atoms with E-state index < -0.39 is 17.5 Å². The minimum absolute atomic E-state index is 0.100. The van der Waals surface area contributed by atoms with E-state index in [9.17, 15) is 18.0 Å². The Labute approximate surface area is 171 Å². The summed E-state index contributed by atoms with van der Waals surface area (Å²) in [6.45, 7) is 3.81. The van der Waals surface area contributed by atoms with Gasteiger partial charge in [-0.25, -0.2) is 13.8 Å². The molecule has 2 heterocycles. The molecule has 7 nitrogen and oxygen atoms in total. The number of carbonyl (C=O) groups is 1. The molecule has 1 aliphatic carbocycles. The number of halogens is 3. The fourth-order valence-corrected chi connectivity index (χ4v) is 3.61. The first-order valence-electron chi connectivity index (χ1n) is 9.69. The van der Waals surface area contributed by atoms with Crippen LogP contribution in [0, 0.1) is 30.3 Å². The number of nitrogens with zero attached hydrogens (tertiary/aromatic N) is 3. The summed E-state index contributed by atoms with van der Waals surface area (Å²) in [7, 11) is 1.81. The van der Waals surface area contributed by atoms with Gasteiger partial charge in [0, 0.05) is 13.1 Å². The fraction of sp³-hybridized carbons (Fsp3) is 0.450. The van der Waals surface area contributed by atoms with Gasteiger partial charge in [-0.15, -0.1) is 0 Å². The van der Waals surface area contributed by atoms with Crippen molar-refractivity contribution < 1.29 is 22.7 Å². The van der Waals surface area contributed by atoms with Crippen molar-refractivity contribution in [2.45, 2.75) is 38.8 Å². The molecule has 10 heteroatoms. The van der Waals surface area contributed by atoms with Crippen LogP contribution in [0.4, 0.5) is 30.6 Å². The Kier molecular flexibility index (Phi) is 5.17. The first-order valence-corrected chi connectivity index (χ1v) is 9.69. The summed E-state index contributed by atoms with van der Waals surface area (Å²) in [5, 5.41) is 6.11. The van der Waals surface area contributed by atoms with E-state index in [-0.39, 0.29) is 36.3 Å². The highest BCUT2D eigenvalue weighted by molar-refractivity contribution is 6.03. The van der Waals surface area contributed by atoms with Crippen LogP contribution in [0.3, 0.4) is 0 Å². The summed E-state index contributed by atoms with van der Waals surface area (Å²) in [5.41, 5.74) is 1.28. The number of rotatable bonds is 5. The Hall–Kier alpha value is -3.04. The number of aromatic nitrogens is 2. The summed E-state index contributed by atoms with van der Waals surface area (Å²) in [5.74, 6) is -3.20. The zero-order valence-electron chi connectivity index (χ0n) is 16.8. The van der Waals surface area contributed by atoms with Crippen molar-refractivity contribution in [3.63, 3.8) is 0 Å². The lowest BCUT2D eigenvalue weighted by molar-refractivity contribution is -0.117. The van der Waals surface area contributed by atoms with Crippen LogP contribution in [0.1, 0.15) is 25.5 Å². The third-order valence-electron chi connectivity index (χ3n) is 5.66. The van der Waals surface area contributed by atoms with Crippen LogP contribution in [0.2, 0.25) is 0 Å². The second-order valence-corrected chi connectivity index (χ2v) is 7.77. The van der Waals surface area contributed by atoms with Crippen molar-refractivity contribution in [3.05, 3.63) is 35.3 Å². The third-order valence-corrected chi connectivity index (χ3v) is 5.66. The molecule has 1 aromatic carbocycles. The van der Waals surface area contributed by atoms with Crippen LogP contribution >= 0.6 is 0 Å². The van der Waals surface area contributed by atoms with E-state index in [4.69, 9.17) is 4.74 Å². The highest BCUT2D eigenvalue weighted by atomic mass is 19.2. The number of carbonyl (C=O) groups excluding carboxylic acids is 1. The van der Waals surface area contributed by atoms with Gasteiger partial charge in [0.15, 0.2) is 23.2 Å². The van der Waals surface area contributed by atoms with Gasteiger partial charge in [0.2, 0.25) is 17.7 Å². The quantitative estimate of drug-likeness (QED) is 0.722. The lowest BCUT2D eigenvalue weighted by Crippen LogP contribution is -2.45. The molecule has 1 atom stereocenters. The molecule has 4 rings (SSSR count). The first kappa shape index (κ1) is 20.2. The highest BCUT2D eigenvalue weighted by Gasteiger charge is 2.33. The number of anilines is 3. The van der Waals surface area contributed by atoms with Gasteiger partial charge >= 0.3 is 0 Å². The number of fused-ring (bicyclic) bond motifs is 1. The largest absolute Gasteiger partial charge is 0.490 e. The van der Waals surface area contributed by atoms with Crippen molar-refractivity contribution in [1.82, 2.24) is 9.97 Å².